The fourth-order valence-electron chi connectivity index (χ4n) is 2.05. The predicted octanol–water partition coefficient (Wildman–Crippen LogP) is 1.25. The number of nitrogens with zero attached hydrogens (tertiary/aromatic N) is 1. The lowest BCUT2D eigenvalue weighted by molar-refractivity contribution is 0.0944. The van der Waals surface area contributed by atoms with E-state index in [0.29, 0.717) is 12.1 Å². The van der Waals surface area contributed by atoms with Crippen LogP contribution in [-0.4, -0.2) is 24.0 Å². The first-order valence-corrected chi connectivity index (χ1v) is 6.06. The molecule has 1 aromatic heterocycles. The van der Waals surface area contributed by atoms with Gasteiger partial charge in [0.1, 0.15) is 0 Å². The Kier molecular flexibility index (Phi) is 3.43. The first kappa shape index (κ1) is 12.0. The summed E-state index contributed by atoms with van der Waals surface area (Å²) in [7, 11) is 0. The van der Waals surface area contributed by atoms with Gasteiger partial charge < -0.3 is 11.1 Å². The maximum atomic E-state index is 11.9. The standard InChI is InChI=1S/C13H19N3O/c1-10-8-11(2-7-15-10)12(17)16-9-13(3-4-13)5-6-14/h2,7-8H,3-6,9,14H2,1H3,(H,16,17). The van der Waals surface area contributed by atoms with Gasteiger partial charge in [0.15, 0.2) is 0 Å². The molecule has 1 aliphatic carbocycles. The van der Waals surface area contributed by atoms with Gasteiger partial charge in [0.25, 0.3) is 5.91 Å². The Balaban J connectivity index is 1.90. The molecule has 0 atom stereocenters. The second-order valence-electron chi connectivity index (χ2n) is 4.91. The predicted molar refractivity (Wildman–Crippen MR) is 66.6 cm³/mol. The van der Waals surface area contributed by atoms with Crippen LogP contribution in [-0.2, 0) is 0 Å². The average Bonchev–Trinajstić information content (AvgIpc) is 3.07. The van der Waals surface area contributed by atoms with Crippen molar-refractivity contribution in [2.45, 2.75) is 26.2 Å². The topological polar surface area (TPSA) is 68.0 Å². The minimum Gasteiger partial charge on any atom is -0.351 e. The van der Waals surface area contributed by atoms with Crippen LogP contribution in [0.4, 0.5) is 0 Å². The van der Waals surface area contributed by atoms with Gasteiger partial charge in [-0.05, 0) is 50.3 Å². The molecule has 1 saturated carbocycles. The largest absolute Gasteiger partial charge is 0.351 e. The van der Waals surface area contributed by atoms with Gasteiger partial charge in [0, 0.05) is 24.0 Å². The van der Waals surface area contributed by atoms with Gasteiger partial charge in [-0.1, -0.05) is 0 Å². The molecule has 0 aromatic carbocycles. The van der Waals surface area contributed by atoms with Crippen LogP contribution >= 0.6 is 0 Å². The van der Waals surface area contributed by atoms with E-state index in [1.807, 2.05) is 6.92 Å². The van der Waals surface area contributed by atoms with Crippen LogP contribution in [0.15, 0.2) is 18.3 Å². The van der Waals surface area contributed by atoms with E-state index in [1.54, 1.807) is 18.3 Å². The summed E-state index contributed by atoms with van der Waals surface area (Å²) in [5.41, 5.74) is 7.40. The molecule has 0 saturated heterocycles. The molecule has 1 aromatic rings. The van der Waals surface area contributed by atoms with Crippen LogP contribution in [0.1, 0.15) is 35.3 Å². The van der Waals surface area contributed by atoms with Gasteiger partial charge in [-0.25, -0.2) is 0 Å². The lowest BCUT2D eigenvalue weighted by atomic mass is 10.0. The third kappa shape index (κ3) is 3.03. The number of hydrogen-bond donors (Lipinski definition) is 2. The van der Waals surface area contributed by atoms with Gasteiger partial charge in [-0.3, -0.25) is 9.78 Å². The zero-order valence-corrected chi connectivity index (χ0v) is 10.2. The molecule has 2 rings (SSSR count). The molecule has 1 heterocycles. The Labute approximate surface area is 102 Å². The van der Waals surface area contributed by atoms with Crippen LogP contribution in [0.25, 0.3) is 0 Å². The number of hydrogen-bond acceptors (Lipinski definition) is 3. The van der Waals surface area contributed by atoms with Crippen molar-refractivity contribution in [2.24, 2.45) is 11.1 Å². The fourth-order valence-corrected chi connectivity index (χ4v) is 2.05. The number of nitrogens with one attached hydrogen (secondary N) is 1. The molecular formula is C13H19N3O. The van der Waals surface area contributed by atoms with Crippen molar-refractivity contribution in [3.63, 3.8) is 0 Å². The molecule has 0 radical (unpaired) electrons. The Bertz CT molecular complexity index is 413. The van der Waals surface area contributed by atoms with E-state index < -0.39 is 0 Å². The number of nitrogens with two attached hydrogens (primary N) is 1. The van der Waals surface area contributed by atoms with E-state index in [1.165, 1.54) is 12.8 Å². The zero-order valence-electron chi connectivity index (χ0n) is 10.2. The van der Waals surface area contributed by atoms with Crippen LogP contribution < -0.4 is 11.1 Å². The molecule has 1 amide bonds. The van der Waals surface area contributed by atoms with Crippen molar-refractivity contribution in [2.75, 3.05) is 13.1 Å². The van der Waals surface area contributed by atoms with E-state index >= 15 is 0 Å². The van der Waals surface area contributed by atoms with E-state index in [9.17, 15) is 4.79 Å². The Morgan fingerprint density at radius 3 is 2.94 bits per heavy atom. The van der Waals surface area contributed by atoms with Crippen LogP contribution in [0, 0.1) is 12.3 Å². The van der Waals surface area contributed by atoms with Gasteiger partial charge >= 0.3 is 0 Å². The molecule has 1 fully saturated rings. The highest BCUT2D eigenvalue weighted by Gasteiger charge is 2.41. The molecular weight excluding hydrogens is 214 g/mol. The lowest BCUT2D eigenvalue weighted by Crippen LogP contribution is -2.31. The van der Waals surface area contributed by atoms with Crippen molar-refractivity contribution in [1.29, 1.82) is 0 Å². The molecule has 92 valence electrons. The minimum atomic E-state index is -0.0150. The number of carbonyl (C=O) groups excluding carboxylic acids is 1. The molecule has 4 heteroatoms. The van der Waals surface area contributed by atoms with Crippen molar-refractivity contribution in [1.82, 2.24) is 10.3 Å². The second-order valence-corrected chi connectivity index (χ2v) is 4.91. The van der Waals surface area contributed by atoms with E-state index in [2.05, 4.69) is 10.3 Å². The number of aromatic nitrogens is 1. The summed E-state index contributed by atoms with van der Waals surface area (Å²) in [5, 5.41) is 2.99. The van der Waals surface area contributed by atoms with E-state index in [0.717, 1.165) is 18.7 Å². The van der Waals surface area contributed by atoms with Crippen LogP contribution in [0.5, 0.6) is 0 Å². The number of amides is 1. The Morgan fingerprint density at radius 2 is 2.35 bits per heavy atom. The van der Waals surface area contributed by atoms with Gasteiger partial charge in [0.2, 0.25) is 0 Å². The van der Waals surface area contributed by atoms with Crippen molar-refractivity contribution in [3.8, 4) is 0 Å². The summed E-state index contributed by atoms with van der Waals surface area (Å²) in [6.07, 6.45) is 5.03. The third-order valence-corrected chi connectivity index (χ3v) is 3.41. The van der Waals surface area contributed by atoms with E-state index in [-0.39, 0.29) is 11.3 Å². The normalized spacial score (nSPS) is 16.6. The molecule has 0 aliphatic heterocycles. The summed E-state index contributed by atoms with van der Waals surface area (Å²) in [5.74, 6) is -0.0150. The molecule has 0 unspecified atom stereocenters. The summed E-state index contributed by atoms with van der Waals surface area (Å²) in [4.78, 5) is 16.0. The summed E-state index contributed by atoms with van der Waals surface area (Å²) < 4.78 is 0. The highest BCUT2D eigenvalue weighted by Crippen LogP contribution is 2.47. The Hall–Kier alpha value is -1.42. The molecule has 3 N–H and O–H groups in total. The second kappa shape index (κ2) is 4.84. The third-order valence-electron chi connectivity index (χ3n) is 3.41. The first-order valence-electron chi connectivity index (χ1n) is 6.06. The van der Waals surface area contributed by atoms with Crippen molar-refractivity contribution in [3.05, 3.63) is 29.6 Å². The van der Waals surface area contributed by atoms with Crippen molar-refractivity contribution >= 4 is 5.91 Å². The summed E-state index contributed by atoms with van der Waals surface area (Å²) in [6, 6.07) is 3.54. The summed E-state index contributed by atoms with van der Waals surface area (Å²) >= 11 is 0. The highest BCUT2D eigenvalue weighted by atomic mass is 16.1. The molecule has 0 bridgehead atoms. The van der Waals surface area contributed by atoms with E-state index in [4.69, 9.17) is 5.73 Å². The maximum Gasteiger partial charge on any atom is 0.251 e. The highest BCUT2D eigenvalue weighted by molar-refractivity contribution is 5.94. The smallest absolute Gasteiger partial charge is 0.251 e. The van der Waals surface area contributed by atoms with Gasteiger partial charge in [-0.2, -0.15) is 0 Å². The number of rotatable bonds is 5. The zero-order chi connectivity index (χ0) is 12.3. The average molecular weight is 233 g/mol. The molecule has 4 nitrogen and oxygen atoms in total. The monoisotopic (exact) mass is 233 g/mol. The number of aryl methyl sites for hydroxylation is 1. The summed E-state index contributed by atoms with van der Waals surface area (Å²) in [6.45, 7) is 3.32. The Morgan fingerprint density at radius 1 is 1.59 bits per heavy atom. The van der Waals surface area contributed by atoms with Crippen molar-refractivity contribution < 1.29 is 4.79 Å². The van der Waals surface area contributed by atoms with Crippen LogP contribution in [0.3, 0.4) is 0 Å². The maximum absolute atomic E-state index is 11.9. The quantitative estimate of drug-likeness (QED) is 0.804. The molecule has 1 aliphatic rings. The SMILES string of the molecule is Cc1cc(C(=O)NCC2(CCN)CC2)ccn1. The fraction of sp³-hybridized carbons (Fsp3) is 0.538. The lowest BCUT2D eigenvalue weighted by Gasteiger charge is -2.14. The molecule has 17 heavy (non-hydrogen) atoms. The first-order chi connectivity index (χ1) is 8.15. The van der Waals surface area contributed by atoms with Crippen LogP contribution in [0.2, 0.25) is 0 Å². The number of carbonyl (C=O) groups is 1. The molecule has 0 spiro atoms. The minimum absolute atomic E-state index is 0.0150. The number of pyridine rings is 1. The van der Waals surface area contributed by atoms with Gasteiger partial charge in [-0.15, -0.1) is 0 Å². The van der Waals surface area contributed by atoms with Gasteiger partial charge in [0.05, 0.1) is 0 Å².